The summed E-state index contributed by atoms with van der Waals surface area (Å²) in [5.74, 6) is 0. The predicted octanol–water partition coefficient (Wildman–Crippen LogP) is 5.82. The van der Waals surface area contributed by atoms with Crippen molar-refractivity contribution in [3.63, 3.8) is 0 Å². The van der Waals surface area contributed by atoms with E-state index in [4.69, 9.17) is 0 Å². The Balaban J connectivity index is 2.43. The lowest BCUT2D eigenvalue weighted by molar-refractivity contribution is -0.713. The van der Waals surface area contributed by atoms with Crippen molar-refractivity contribution in [2.45, 2.75) is 49.0 Å². The van der Waals surface area contributed by atoms with Crippen molar-refractivity contribution in [2.75, 3.05) is 0 Å². The van der Waals surface area contributed by atoms with Crippen molar-refractivity contribution in [1.82, 2.24) is 4.57 Å². The molecule has 2 N–H and O–H groups in total. The molecule has 16 heteroatoms. The molecule has 39 heavy (non-hydrogen) atoms. The monoisotopic (exact) mass is 581 g/mol. The van der Waals surface area contributed by atoms with E-state index >= 15 is 0 Å². The predicted molar refractivity (Wildman–Crippen MR) is 110 cm³/mol. The van der Waals surface area contributed by atoms with Crippen LogP contribution in [0.15, 0.2) is 67.0 Å². The molecule has 0 aliphatic heterocycles. The Hall–Kier alpha value is -3.27. The lowest BCUT2D eigenvalue weighted by Gasteiger charge is -2.31. The summed E-state index contributed by atoms with van der Waals surface area (Å²) in [6.45, 7) is -4.79. The number of benzene rings is 2. The van der Waals surface area contributed by atoms with Crippen LogP contribution >= 0.6 is 0 Å². The van der Waals surface area contributed by atoms with Crippen molar-refractivity contribution in [3.8, 4) is 22.5 Å². The first-order valence-corrected chi connectivity index (χ1v) is 10.6. The number of aliphatic hydroxyl groups is 2. The summed E-state index contributed by atoms with van der Waals surface area (Å²) in [6.07, 6.45) is -25.3. The Morgan fingerprint density at radius 2 is 0.949 bits per heavy atom. The molecule has 0 aliphatic rings. The Morgan fingerprint density at radius 1 is 0.564 bits per heavy atom. The SMILES string of the molecule is OC(Cn1c[n+](CC(O)(C(F)(F)F)C(F)(F)F)c(-c2ccccc2)c1-c1ccccc1)(C(F)(F)F)C(F)(F)F. The van der Waals surface area contributed by atoms with Crippen LogP contribution in [-0.4, -0.2) is 50.7 Å². The molecule has 0 saturated heterocycles. The van der Waals surface area contributed by atoms with Gasteiger partial charge in [-0.15, -0.1) is 0 Å². The first-order chi connectivity index (χ1) is 17.6. The van der Waals surface area contributed by atoms with Gasteiger partial charge in [0, 0.05) is 11.1 Å². The Kier molecular flexibility index (Phi) is 7.55. The molecule has 4 nitrogen and oxygen atoms in total. The second kappa shape index (κ2) is 9.73. The number of nitrogens with zero attached hydrogens (tertiary/aromatic N) is 2. The highest BCUT2D eigenvalue weighted by atomic mass is 19.4. The van der Waals surface area contributed by atoms with Crippen molar-refractivity contribution >= 4 is 0 Å². The van der Waals surface area contributed by atoms with Gasteiger partial charge in [0.2, 0.25) is 6.33 Å². The van der Waals surface area contributed by atoms with Gasteiger partial charge in [0.1, 0.15) is 13.1 Å². The molecule has 0 spiro atoms. The van der Waals surface area contributed by atoms with Crippen LogP contribution < -0.4 is 4.57 Å². The fourth-order valence-electron chi connectivity index (χ4n) is 3.77. The zero-order chi connectivity index (χ0) is 29.7. The van der Waals surface area contributed by atoms with Crippen LogP contribution in [0.25, 0.3) is 22.5 Å². The summed E-state index contributed by atoms with van der Waals surface area (Å²) in [6, 6.07) is 12.3. The lowest BCUT2D eigenvalue weighted by atomic mass is 10.00. The van der Waals surface area contributed by atoms with E-state index in [1.54, 1.807) is 0 Å². The number of imidazole rings is 1. The Labute approximate surface area is 211 Å². The highest BCUT2D eigenvalue weighted by molar-refractivity contribution is 5.76. The van der Waals surface area contributed by atoms with Gasteiger partial charge in [-0.2, -0.15) is 52.7 Å². The molecule has 2 aromatic carbocycles. The molecule has 0 amide bonds. The average molecular weight is 581 g/mol. The first-order valence-electron chi connectivity index (χ1n) is 10.6. The first kappa shape index (κ1) is 30.3. The maximum atomic E-state index is 13.5. The summed E-state index contributed by atoms with van der Waals surface area (Å²) in [5.41, 5.74) is -12.7. The van der Waals surface area contributed by atoms with Gasteiger partial charge >= 0.3 is 24.7 Å². The van der Waals surface area contributed by atoms with E-state index in [2.05, 4.69) is 0 Å². The zero-order valence-electron chi connectivity index (χ0n) is 19.1. The maximum absolute atomic E-state index is 13.5. The number of alkyl halides is 12. The van der Waals surface area contributed by atoms with E-state index in [0.29, 0.717) is 0 Å². The minimum atomic E-state index is -6.36. The second-order valence-electron chi connectivity index (χ2n) is 8.51. The van der Waals surface area contributed by atoms with Gasteiger partial charge in [-0.1, -0.05) is 60.7 Å². The molecule has 3 aromatic rings. The molecule has 214 valence electrons. The molecule has 1 heterocycles. The van der Waals surface area contributed by atoms with E-state index in [0.717, 1.165) is 24.3 Å². The highest BCUT2D eigenvalue weighted by Gasteiger charge is 2.73. The molecule has 0 aliphatic carbocycles. The van der Waals surface area contributed by atoms with Crippen LogP contribution in [-0.2, 0) is 13.1 Å². The second-order valence-corrected chi connectivity index (χ2v) is 8.51. The van der Waals surface area contributed by atoms with Gasteiger partial charge in [-0.25, -0.2) is 9.13 Å². The third-order valence-electron chi connectivity index (χ3n) is 5.85. The van der Waals surface area contributed by atoms with Gasteiger partial charge in [0.25, 0.3) is 11.2 Å². The number of hydrogen-bond donors (Lipinski definition) is 2. The van der Waals surface area contributed by atoms with Crippen LogP contribution in [0, 0.1) is 0 Å². The minimum Gasteiger partial charge on any atom is -0.371 e. The van der Waals surface area contributed by atoms with E-state index in [1.807, 2.05) is 0 Å². The lowest BCUT2D eigenvalue weighted by Crippen LogP contribution is -2.64. The topological polar surface area (TPSA) is 49.3 Å². The quantitative estimate of drug-likeness (QED) is 0.285. The molecule has 0 atom stereocenters. The van der Waals surface area contributed by atoms with Gasteiger partial charge in [-0.05, 0) is 0 Å². The van der Waals surface area contributed by atoms with E-state index < -0.39 is 60.4 Å². The average Bonchev–Trinajstić information content (AvgIpc) is 3.14. The number of hydrogen-bond acceptors (Lipinski definition) is 2. The highest BCUT2D eigenvalue weighted by Crippen LogP contribution is 2.46. The van der Waals surface area contributed by atoms with Gasteiger partial charge in [-0.3, -0.25) is 0 Å². The third kappa shape index (κ3) is 5.44. The van der Waals surface area contributed by atoms with Crippen molar-refractivity contribution in [3.05, 3.63) is 67.0 Å². The summed E-state index contributed by atoms with van der Waals surface area (Å²) in [5, 5.41) is 19.6. The van der Waals surface area contributed by atoms with Crippen LogP contribution in [0.1, 0.15) is 0 Å². The van der Waals surface area contributed by atoms with Crippen molar-refractivity contribution in [1.29, 1.82) is 0 Å². The maximum Gasteiger partial charge on any atom is 0.430 e. The summed E-state index contributed by atoms with van der Waals surface area (Å²) >= 11 is 0. The number of halogens is 12. The summed E-state index contributed by atoms with van der Waals surface area (Å²) in [4.78, 5) is 0. The largest absolute Gasteiger partial charge is 0.430 e. The smallest absolute Gasteiger partial charge is 0.371 e. The van der Waals surface area contributed by atoms with E-state index in [1.165, 1.54) is 36.4 Å². The molecule has 0 unspecified atom stereocenters. The van der Waals surface area contributed by atoms with Crippen LogP contribution in [0.5, 0.6) is 0 Å². The molecule has 1 aromatic heterocycles. The number of rotatable bonds is 6. The molecular formula is C23H17F12N2O2+. The standard InChI is InChI=1S/C23H17F12N2O2/c24-20(25,26)18(38,21(27,28)29)11-36-13-37(12-19(39,22(30,31)32)23(33,34)35)17(15-9-5-2-6-10-15)16(36)14-7-3-1-4-8-14/h1-10,13,38-39H,11-12H2/q+1. The molecule has 0 radical (unpaired) electrons. The molecule has 3 rings (SSSR count). The molecular weight excluding hydrogens is 564 g/mol. The van der Waals surface area contributed by atoms with Crippen LogP contribution in [0.2, 0.25) is 0 Å². The van der Waals surface area contributed by atoms with E-state index in [9.17, 15) is 62.9 Å². The molecule has 0 bridgehead atoms. The van der Waals surface area contributed by atoms with Crippen LogP contribution in [0.3, 0.4) is 0 Å². The normalized spacial score (nSPS) is 14.1. The van der Waals surface area contributed by atoms with Gasteiger partial charge in [0.15, 0.2) is 11.4 Å². The molecule has 0 saturated carbocycles. The van der Waals surface area contributed by atoms with E-state index in [-0.39, 0.29) is 26.6 Å². The summed E-state index contributed by atoms with van der Waals surface area (Å²) in [7, 11) is 0. The van der Waals surface area contributed by atoms with Gasteiger partial charge in [0.05, 0.1) is 0 Å². The van der Waals surface area contributed by atoms with Gasteiger partial charge < -0.3 is 10.2 Å². The fourth-order valence-corrected chi connectivity index (χ4v) is 3.77. The zero-order valence-corrected chi connectivity index (χ0v) is 19.1. The Morgan fingerprint density at radius 3 is 1.33 bits per heavy atom. The fraction of sp³-hybridized carbons (Fsp3) is 0.348. The number of aromatic nitrogens is 2. The third-order valence-corrected chi connectivity index (χ3v) is 5.85. The van der Waals surface area contributed by atoms with Crippen molar-refractivity contribution < 1.29 is 67.5 Å². The minimum absolute atomic E-state index is 0.0474. The van der Waals surface area contributed by atoms with Crippen molar-refractivity contribution in [2.24, 2.45) is 0 Å². The Bertz CT molecular complexity index is 1150. The molecule has 0 fully saturated rings. The summed E-state index contributed by atoms with van der Waals surface area (Å²) < 4.78 is 162. The van der Waals surface area contributed by atoms with Crippen LogP contribution in [0.4, 0.5) is 52.7 Å².